The smallest absolute Gasteiger partial charge is 0.425 e. The van der Waals surface area contributed by atoms with Gasteiger partial charge in [-0.05, 0) is 50.2 Å². The third-order valence-corrected chi connectivity index (χ3v) is 4.58. The van der Waals surface area contributed by atoms with Crippen molar-refractivity contribution in [1.29, 1.82) is 0 Å². The number of aryl methyl sites for hydroxylation is 1. The lowest BCUT2D eigenvalue weighted by Gasteiger charge is -2.20. The van der Waals surface area contributed by atoms with Gasteiger partial charge in [-0.3, -0.25) is 0 Å². The molecule has 32 heavy (non-hydrogen) atoms. The molecule has 0 fully saturated rings. The number of H-pyrrole nitrogens is 1. The SMILES string of the molecule is Cc1nc2cc(-c3noc(-c4ccc(OC(C)C(F)(F)F)c(C(F)(F)F)c4)n3)ccc2[nH]1. The summed E-state index contributed by atoms with van der Waals surface area (Å²) in [6, 6.07) is 7.63. The molecule has 0 aliphatic heterocycles. The van der Waals surface area contributed by atoms with Crippen LogP contribution < -0.4 is 4.74 Å². The summed E-state index contributed by atoms with van der Waals surface area (Å²) in [4.78, 5) is 11.5. The Balaban J connectivity index is 1.68. The second-order valence-corrected chi connectivity index (χ2v) is 6.99. The quantitative estimate of drug-likeness (QED) is 0.385. The van der Waals surface area contributed by atoms with E-state index in [1.807, 2.05) is 0 Å². The largest absolute Gasteiger partial charge is 0.481 e. The molecule has 12 heteroatoms. The Kier molecular flexibility index (Phi) is 5.10. The van der Waals surface area contributed by atoms with Crippen LogP contribution in [0.1, 0.15) is 18.3 Å². The number of nitrogens with zero attached hydrogens (tertiary/aromatic N) is 3. The van der Waals surface area contributed by atoms with E-state index >= 15 is 0 Å². The van der Waals surface area contributed by atoms with Gasteiger partial charge in [0.05, 0.1) is 16.6 Å². The van der Waals surface area contributed by atoms with E-state index in [2.05, 4.69) is 24.8 Å². The maximum atomic E-state index is 13.5. The van der Waals surface area contributed by atoms with Gasteiger partial charge in [-0.1, -0.05) is 5.16 Å². The van der Waals surface area contributed by atoms with Gasteiger partial charge in [0.15, 0.2) is 6.10 Å². The summed E-state index contributed by atoms with van der Waals surface area (Å²) in [5, 5.41) is 3.79. The van der Waals surface area contributed by atoms with Crippen LogP contribution in [0.2, 0.25) is 0 Å². The minimum Gasteiger partial charge on any atom is -0.481 e. The van der Waals surface area contributed by atoms with Crippen molar-refractivity contribution in [2.24, 2.45) is 0 Å². The number of rotatable bonds is 4. The van der Waals surface area contributed by atoms with Crippen molar-refractivity contribution in [3.05, 3.63) is 47.8 Å². The first kappa shape index (κ1) is 21.7. The van der Waals surface area contributed by atoms with Crippen LogP contribution in [0, 0.1) is 6.92 Å². The summed E-state index contributed by atoms with van der Waals surface area (Å²) in [6.07, 6.45) is -12.2. The number of hydrogen-bond acceptors (Lipinski definition) is 5. The Hall–Kier alpha value is -3.57. The highest BCUT2D eigenvalue weighted by molar-refractivity contribution is 5.80. The second kappa shape index (κ2) is 7.53. The molecule has 4 rings (SSSR count). The molecule has 0 saturated heterocycles. The van der Waals surface area contributed by atoms with Crippen LogP contribution in [0.25, 0.3) is 33.9 Å². The molecule has 0 spiro atoms. The number of hydrogen-bond donors (Lipinski definition) is 1. The average molecular weight is 456 g/mol. The van der Waals surface area contributed by atoms with Crippen LogP contribution >= 0.6 is 0 Å². The maximum Gasteiger partial charge on any atom is 0.425 e. The van der Waals surface area contributed by atoms with Gasteiger partial charge >= 0.3 is 12.4 Å². The minimum atomic E-state index is -4.97. The van der Waals surface area contributed by atoms with E-state index in [0.29, 0.717) is 29.9 Å². The van der Waals surface area contributed by atoms with E-state index in [1.54, 1.807) is 25.1 Å². The average Bonchev–Trinajstić information content (AvgIpc) is 3.32. The van der Waals surface area contributed by atoms with E-state index in [0.717, 1.165) is 17.6 Å². The second-order valence-electron chi connectivity index (χ2n) is 6.99. The van der Waals surface area contributed by atoms with Gasteiger partial charge in [0.1, 0.15) is 11.6 Å². The van der Waals surface area contributed by atoms with Crippen molar-refractivity contribution in [1.82, 2.24) is 20.1 Å². The van der Waals surface area contributed by atoms with Crippen molar-refractivity contribution in [3.63, 3.8) is 0 Å². The Labute approximate surface area is 176 Å². The molecule has 0 amide bonds. The van der Waals surface area contributed by atoms with E-state index in [-0.39, 0.29) is 17.3 Å². The molecule has 1 N–H and O–H groups in total. The van der Waals surface area contributed by atoms with E-state index < -0.39 is 29.8 Å². The number of halogens is 6. The molecular weight excluding hydrogens is 442 g/mol. The van der Waals surface area contributed by atoms with Gasteiger partial charge in [0, 0.05) is 11.1 Å². The molecule has 0 saturated carbocycles. The molecule has 0 radical (unpaired) electrons. The number of imidazole rings is 1. The predicted molar refractivity (Wildman–Crippen MR) is 101 cm³/mol. The van der Waals surface area contributed by atoms with Crippen molar-refractivity contribution in [3.8, 4) is 28.6 Å². The number of alkyl halides is 6. The molecule has 1 unspecified atom stereocenters. The molecule has 2 aromatic heterocycles. The van der Waals surface area contributed by atoms with Crippen LogP contribution in [-0.4, -0.2) is 32.4 Å². The Morgan fingerprint density at radius 3 is 2.38 bits per heavy atom. The number of aromatic amines is 1. The Morgan fingerprint density at radius 2 is 1.69 bits per heavy atom. The number of benzene rings is 2. The first-order chi connectivity index (χ1) is 14.9. The number of aromatic nitrogens is 4. The van der Waals surface area contributed by atoms with Crippen LogP contribution in [0.15, 0.2) is 40.9 Å². The number of ether oxygens (including phenoxy) is 1. The predicted octanol–water partition coefficient (Wildman–Crippen LogP) is 5.94. The molecule has 2 heterocycles. The molecule has 168 valence electrons. The fourth-order valence-corrected chi connectivity index (χ4v) is 2.98. The lowest BCUT2D eigenvalue weighted by molar-refractivity contribution is -0.191. The maximum absolute atomic E-state index is 13.5. The van der Waals surface area contributed by atoms with E-state index in [1.165, 1.54) is 0 Å². The lowest BCUT2D eigenvalue weighted by atomic mass is 10.1. The highest BCUT2D eigenvalue weighted by Crippen LogP contribution is 2.40. The van der Waals surface area contributed by atoms with Crippen molar-refractivity contribution in [2.45, 2.75) is 32.3 Å². The first-order valence-electron chi connectivity index (χ1n) is 9.17. The van der Waals surface area contributed by atoms with E-state index in [4.69, 9.17) is 4.52 Å². The summed E-state index contributed by atoms with van der Waals surface area (Å²) in [5.41, 5.74) is 0.438. The van der Waals surface area contributed by atoms with Crippen molar-refractivity contribution >= 4 is 11.0 Å². The molecular formula is C20H14F6N4O2. The fourth-order valence-electron chi connectivity index (χ4n) is 2.98. The summed E-state index contributed by atoms with van der Waals surface area (Å²) in [6.45, 7) is 2.41. The van der Waals surface area contributed by atoms with Gasteiger partial charge < -0.3 is 14.2 Å². The topological polar surface area (TPSA) is 76.8 Å². The molecule has 0 aliphatic carbocycles. The summed E-state index contributed by atoms with van der Waals surface area (Å²) < 4.78 is 88.2. The Morgan fingerprint density at radius 1 is 0.969 bits per heavy atom. The van der Waals surface area contributed by atoms with Crippen LogP contribution in [0.3, 0.4) is 0 Å². The summed E-state index contributed by atoms with van der Waals surface area (Å²) in [7, 11) is 0. The molecule has 4 aromatic rings. The molecule has 6 nitrogen and oxygen atoms in total. The lowest BCUT2D eigenvalue weighted by Crippen LogP contribution is -2.31. The highest BCUT2D eigenvalue weighted by Gasteiger charge is 2.41. The van der Waals surface area contributed by atoms with Crippen LogP contribution in [0.5, 0.6) is 5.75 Å². The van der Waals surface area contributed by atoms with Crippen LogP contribution in [-0.2, 0) is 6.18 Å². The fraction of sp³-hybridized carbons (Fsp3) is 0.250. The molecule has 0 aliphatic rings. The van der Waals surface area contributed by atoms with Gasteiger partial charge in [-0.25, -0.2) is 4.98 Å². The minimum absolute atomic E-state index is 0.113. The van der Waals surface area contributed by atoms with Gasteiger partial charge in [0.2, 0.25) is 5.82 Å². The zero-order valence-corrected chi connectivity index (χ0v) is 16.5. The molecule has 2 aromatic carbocycles. The van der Waals surface area contributed by atoms with Crippen molar-refractivity contribution in [2.75, 3.05) is 0 Å². The normalized spacial score (nSPS) is 13.5. The van der Waals surface area contributed by atoms with Gasteiger partial charge in [-0.2, -0.15) is 31.3 Å². The van der Waals surface area contributed by atoms with Crippen molar-refractivity contribution < 1.29 is 35.6 Å². The summed E-state index contributed by atoms with van der Waals surface area (Å²) >= 11 is 0. The van der Waals surface area contributed by atoms with Gasteiger partial charge in [-0.15, -0.1) is 0 Å². The molecule has 0 bridgehead atoms. The standard InChI is InChI=1S/C20H14F6N4O2/c1-9(19(21,22)23)31-16-6-4-12(7-13(16)20(24,25)26)18-29-17(30-32-18)11-3-5-14-15(8-11)28-10(2)27-14/h3-9H,1-2H3,(H,27,28). The third kappa shape index (κ3) is 4.25. The molecule has 1 atom stereocenters. The monoisotopic (exact) mass is 456 g/mol. The number of nitrogens with one attached hydrogen (secondary N) is 1. The van der Waals surface area contributed by atoms with Gasteiger partial charge in [0.25, 0.3) is 5.89 Å². The van der Waals surface area contributed by atoms with Crippen LogP contribution in [0.4, 0.5) is 26.3 Å². The number of fused-ring (bicyclic) bond motifs is 1. The first-order valence-corrected chi connectivity index (χ1v) is 9.17. The third-order valence-electron chi connectivity index (χ3n) is 4.58. The highest BCUT2D eigenvalue weighted by atomic mass is 19.4. The Bertz CT molecular complexity index is 1280. The zero-order valence-electron chi connectivity index (χ0n) is 16.5. The summed E-state index contributed by atoms with van der Waals surface area (Å²) in [5.74, 6) is -0.376. The van der Waals surface area contributed by atoms with E-state index in [9.17, 15) is 26.3 Å². The zero-order chi connectivity index (χ0) is 23.3.